The molecule has 0 bridgehead atoms. The Morgan fingerprint density at radius 1 is 1.21 bits per heavy atom. The third kappa shape index (κ3) is 1.92. The fourth-order valence-corrected chi connectivity index (χ4v) is 1.07. The van der Waals surface area contributed by atoms with Crippen LogP contribution in [0.2, 0.25) is 0 Å². The van der Waals surface area contributed by atoms with Crippen LogP contribution in [-0.4, -0.2) is 5.16 Å². The van der Waals surface area contributed by atoms with Gasteiger partial charge in [-0.2, -0.15) is 0 Å². The van der Waals surface area contributed by atoms with Crippen molar-refractivity contribution in [1.29, 1.82) is 0 Å². The Morgan fingerprint density at radius 2 is 2.00 bits per heavy atom. The highest BCUT2D eigenvalue weighted by Gasteiger charge is 1.99. The normalized spacial score (nSPS) is 10.1. The van der Waals surface area contributed by atoms with Crippen LogP contribution in [-0.2, 0) is 6.54 Å². The summed E-state index contributed by atoms with van der Waals surface area (Å²) < 4.78 is 10.0. The van der Waals surface area contributed by atoms with Crippen LogP contribution in [0.15, 0.2) is 41.1 Å². The average Bonchev–Trinajstić information content (AvgIpc) is 2.72. The zero-order chi connectivity index (χ0) is 9.80. The summed E-state index contributed by atoms with van der Waals surface area (Å²) in [5.41, 5.74) is 6.53. The van der Waals surface area contributed by atoms with E-state index in [1.165, 1.54) is 6.26 Å². The van der Waals surface area contributed by atoms with E-state index in [4.69, 9.17) is 10.5 Å². The Labute approximate surface area is 81.3 Å². The lowest BCUT2D eigenvalue weighted by atomic mass is 10.2. The fourth-order valence-electron chi connectivity index (χ4n) is 1.07. The highest BCUT2D eigenvalue weighted by molar-refractivity contribution is 5.29. The van der Waals surface area contributed by atoms with E-state index >= 15 is 0 Å². The lowest BCUT2D eigenvalue weighted by Gasteiger charge is -2.01. The van der Waals surface area contributed by atoms with Gasteiger partial charge >= 0.3 is 0 Å². The second-order valence-electron chi connectivity index (χ2n) is 2.79. The van der Waals surface area contributed by atoms with Gasteiger partial charge in [-0.1, -0.05) is 12.1 Å². The first-order chi connectivity index (χ1) is 6.88. The number of hydrogen-bond donors (Lipinski definition) is 1. The van der Waals surface area contributed by atoms with Crippen LogP contribution in [0.3, 0.4) is 0 Å². The molecule has 14 heavy (non-hydrogen) atoms. The molecule has 4 nitrogen and oxygen atoms in total. The minimum atomic E-state index is 0.450. The Kier molecular flexibility index (Phi) is 2.46. The van der Waals surface area contributed by atoms with E-state index in [0.29, 0.717) is 12.4 Å². The molecule has 1 aromatic heterocycles. The van der Waals surface area contributed by atoms with Crippen molar-refractivity contribution in [3.05, 3.63) is 42.2 Å². The summed E-state index contributed by atoms with van der Waals surface area (Å²) in [6, 6.07) is 9.16. The first-order valence-corrected chi connectivity index (χ1v) is 4.26. The molecule has 4 heteroatoms. The van der Waals surface area contributed by atoms with Crippen LogP contribution in [0.4, 0.5) is 0 Å². The summed E-state index contributed by atoms with van der Waals surface area (Å²) in [7, 11) is 0. The zero-order valence-electron chi connectivity index (χ0n) is 7.51. The summed E-state index contributed by atoms with van der Waals surface area (Å²) in [4.78, 5) is 0. The standard InChI is InChI=1S/C10H10N2O2/c11-7-8-1-3-9(4-2-8)14-10-5-6-13-12-10/h1-6H,7,11H2. The molecule has 0 aliphatic rings. The monoisotopic (exact) mass is 190 g/mol. The van der Waals surface area contributed by atoms with Crippen molar-refractivity contribution < 1.29 is 9.26 Å². The predicted octanol–water partition coefficient (Wildman–Crippen LogP) is 1.93. The molecule has 72 valence electrons. The van der Waals surface area contributed by atoms with Gasteiger partial charge in [0, 0.05) is 12.6 Å². The third-order valence-corrected chi connectivity index (χ3v) is 1.80. The summed E-state index contributed by atoms with van der Waals surface area (Å²) >= 11 is 0. The molecule has 0 unspecified atom stereocenters. The van der Waals surface area contributed by atoms with Crippen LogP contribution in [0.5, 0.6) is 11.6 Å². The van der Waals surface area contributed by atoms with E-state index in [0.717, 1.165) is 11.3 Å². The molecule has 0 atom stereocenters. The molecule has 0 saturated heterocycles. The molecule has 0 amide bonds. The minimum Gasteiger partial charge on any atom is -0.436 e. The van der Waals surface area contributed by atoms with E-state index in [1.807, 2.05) is 24.3 Å². The number of ether oxygens (including phenoxy) is 1. The first kappa shape index (κ1) is 8.77. The van der Waals surface area contributed by atoms with E-state index < -0.39 is 0 Å². The molecule has 0 spiro atoms. The summed E-state index contributed by atoms with van der Waals surface area (Å²) in [5.74, 6) is 1.17. The van der Waals surface area contributed by atoms with Crippen molar-refractivity contribution in [2.75, 3.05) is 0 Å². The molecule has 0 fully saturated rings. The van der Waals surface area contributed by atoms with Crippen LogP contribution in [0.25, 0.3) is 0 Å². The van der Waals surface area contributed by atoms with Gasteiger partial charge in [0.25, 0.3) is 5.88 Å². The maximum Gasteiger partial charge on any atom is 0.259 e. The number of benzene rings is 1. The molecule has 1 heterocycles. The molecule has 2 aromatic rings. The van der Waals surface area contributed by atoms with Crippen LogP contribution in [0, 0.1) is 0 Å². The largest absolute Gasteiger partial charge is 0.436 e. The topological polar surface area (TPSA) is 61.3 Å². The molecule has 0 aliphatic heterocycles. The van der Waals surface area contributed by atoms with Gasteiger partial charge in [0.1, 0.15) is 12.0 Å². The van der Waals surface area contributed by atoms with Crippen LogP contribution in [0.1, 0.15) is 5.56 Å². The number of aromatic nitrogens is 1. The van der Waals surface area contributed by atoms with Gasteiger partial charge in [0.05, 0.1) is 0 Å². The van der Waals surface area contributed by atoms with Crippen molar-refractivity contribution >= 4 is 0 Å². The van der Waals surface area contributed by atoms with Gasteiger partial charge < -0.3 is 15.0 Å². The summed E-state index contributed by atoms with van der Waals surface area (Å²) in [6.45, 7) is 0.532. The van der Waals surface area contributed by atoms with Gasteiger partial charge in [-0.15, -0.1) is 0 Å². The Balaban J connectivity index is 2.10. The van der Waals surface area contributed by atoms with Crippen molar-refractivity contribution in [2.45, 2.75) is 6.54 Å². The molecule has 2 rings (SSSR count). The SMILES string of the molecule is NCc1ccc(Oc2ccon2)cc1. The maximum absolute atomic E-state index is 5.47. The van der Waals surface area contributed by atoms with E-state index in [-0.39, 0.29) is 0 Å². The average molecular weight is 190 g/mol. The highest BCUT2D eigenvalue weighted by atomic mass is 16.5. The number of hydrogen-bond acceptors (Lipinski definition) is 4. The Bertz CT molecular complexity index is 381. The lowest BCUT2D eigenvalue weighted by molar-refractivity contribution is 0.367. The summed E-state index contributed by atoms with van der Waals surface area (Å²) in [6.07, 6.45) is 1.46. The van der Waals surface area contributed by atoms with E-state index in [9.17, 15) is 0 Å². The second kappa shape index (κ2) is 3.93. The zero-order valence-corrected chi connectivity index (χ0v) is 7.51. The highest BCUT2D eigenvalue weighted by Crippen LogP contribution is 2.19. The first-order valence-electron chi connectivity index (χ1n) is 4.26. The van der Waals surface area contributed by atoms with Crippen LogP contribution < -0.4 is 10.5 Å². The predicted molar refractivity (Wildman–Crippen MR) is 50.9 cm³/mol. The quantitative estimate of drug-likeness (QED) is 0.803. The van der Waals surface area contributed by atoms with Gasteiger partial charge in [-0.25, -0.2) is 0 Å². The number of nitrogens with zero attached hydrogens (tertiary/aromatic N) is 1. The fraction of sp³-hybridized carbons (Fsp3) is 0.100. The van der Waals surface area contributed by atoms with Gasteiger partial charge in [0.2, 0.25) is 0 Å². The molecule has 0 aliphatic carbocycles. The molecular formula is C10H10N2O2. The number of nitrogens with two attached hydrogens (primary N) is 1. The van der Waals surface area contributed by atoms with Crippen molar-refractivity contribution in [3.8, 4) is 11.6 Å². The molecular weight excluding hydrogens is 180 g/mol. The van der Waals surface area contributed by atoms with E-state index in [1.54, 1.807) is 6.07 Å². The van der Waals surface area contributed by atoms with Crippen molar-refractivity contribution in [1.82, 2.24) is 5.16 Å². The smallest absolute Gasteiger partial charge is 0.259 e. The molecule has 0 radical (unpaired) electrons. The van der Waals surface area contributed by atoms with Gasteiger partial charge in [0.15, 0.2) is 0 Å². The second-order valence-corrected chi connectivity index (χ2v) is 2.79. The third-order valence-electron chi connectivity index (χ3n) is 1.80. The van der Waals surface area contributed by atoms with Gasteiger partial charge in [-0.05, 0) is 22.9 Å². The Hall–Kier alpha value is -1.81. The molecule has 1 aromatic carbocycles. The van der Waals surface area contributed by atoms with Gasteiger partial charge in [-0.3, -0.25) is 0 Å². The van der Waals surface area contributed by atoms with Crippen molar-refractivity contribution in [3.63, 3.8) is 0 Å². The lowest BCUT2D eigenvalue weighted by Crippen LogP contribution is -1.95. The van der Waals surface area contributed by atoms with E-state index in [2.05, 4.69) is 9.68 Å². The van der Waals surface area contributed by atoms with Crippen LogP contribution >= 0.6 is 0 Å². The Morgan fingerprint density at radius 3 is 2.57 bits per heavy atom. The molecule has 0 saturated carbocycles. The maximum atomic E-state index is 5.47. The summed E-state index contributed by atoms with van der Waals surface area (Å²) in [5, 5.41) is 3.63. The number of rotatable bonds is 3. The van der Waals surface area contributed by atoms with Crippen molar-refractivity contribution in [2.24, 2.45) is 5.73 Å². The minimum absolute atomic E-state index is 0.450. The molecule has 2 N–H and O–H groups in total.